The quantitative estimate of drug-likeness (QED) is 0.528. The van der Waals surface area contributed by atoms with Crippen molar-refractivity contribution in [3.8, 4) is 0 Å². The van der Waals surface area contributed by atoms with Crippen LogP contribution in [0, 0.1) is 18.8 Å². The maximum Gasteiger partial charge on any atom is 0.246 e. The number of hydrogen-bond acceptors (Lipinski definition) is 5. The van der Waals surface area contributed by atoms with E-state index in [2.05, 4.69) is 39.8 Å². The van der Waals surface area contributed by atoms with E-state index in [9.17, 15) is 4.79 Å². The molecule has 0 aliphatic heterocycles. The van der Waals surface area contributed by atoms with Gasteiger partial charge < -0.3 is 16.0 Å². The second-order valence-electron chi connectivity index (χ2n) is 8.78. The van der Waals surface area contributed by atoms with Crippen LogP contribution < -0.4 is 16.0 Å². The molecule has 1 aliphatic carbocycles. The zero-order valence-electron chi connectivity index (χ0n) is 18.4. The summed E-state index contributed by atoms with van der Waals surface area (Å²) in [7, 11) is 0. The highest BCUT2D eigenvalue weighted by atomic mass is 16.2. The molecule has 1 aliphatic rings. The molecule has 0 spiro atoms. The Morgan fingerprint density at radius 1 is 1.10 bits per heavy atom. The SMILES string of the molecule is Cc1cc(N[C@@H](CC(C)C)C(=O)Nc2ccccc2)nc(NCC2CCCCC2)n1. The van der Waals surface area contributed by atoms with Crippen molar-refractivity contribution in [2.45, 2.75) is 65.3 Å². The third-order valence-corrected chi connectivity index (χ3v) is 5.51. The van der Waals surface area contributed by atoms with Crippen LogP contribution in [0.4, 0.5) is 17.5 Å². The molecule has 6 nitrogen and oxygen atoms in total. The van der Waals surface area contributed by atoms with Gasteiger partial charge >= 0.3 is 0 Å². The van der Waals surface area contributed by atoms with Gasteiger partial charge in [0, 0.05) is 24.0 Å². The fraction of sp³-hybridized carbons (Fsp3) is 0.542. The molecule has 1 heterocycles. The summed E-state index contributed by atoms with van der Waals surface area (Å²) in [5.74, 6) is 2.33. The molecule has 1 aromatic heterocycles. The zero-order chi connectivity index (χ0) is 21.3. The Morgan fingerprint density at radius 2 is 1.83 bits per heavy atom. The second-order valence-corrected chi connectivity index (χ2v) is 8.78. The highest BCUT2D eigenvalue weighted by molar-refractivity contribution is 5.96. The molecule has 0 saturated heterocycles. The monoisotopic (exact) mass is 409 g/mol. The largest absolute Gasteiger partial charge is 0.358 e. The van der Waals surface area contributed by atoms with Crippen LogP contribution in [-0.2, 0) is 4.79 Å². The number of carbonyl (C=O) groups is 1. The van der Waals surface area contributed by atoms with E-state index in [4.69, 9.17) is 0 Å². The van der Waals surface area contributed by atoms with Crippen molar-refractivity contribution in [3.05, 3.63) is 42.1 Å². The summed E-state index contributed by atoms with van der Waals surface area (Å²) in [6.07, 6.45) is 7.27. The molecule has 6 heteroatoms. The summed E-state index contributed by atoms with van der Waals surface area (Å²) in [5.41, 5.74) is 1.68. The lowest BCUT2D eigenvalue weighted by atomic mass is 9.89. The number of carbonyl (C=O) groups excluding carboxylic acids is 1. The van der Waals surface area contributed by atoms with Gasteiger partial charge in [-0.15, -0.1) is 0 Å². The van der Waals surface area contributed by atoms with Crippen LogP contribution in [0.1, 0.15) is 58.1 Å². The number of aromatic nitrogens is 2. The predicted molar refractivity (Wildman–Crippen MR) is 124 cm³/mol. The van der Waals surface area contributed by atoms with Crippen LogP contribution in [0.25, 0.3) is 0 Å². The van der Waals surface area contributed by atoms with Gasteiger partial charge in [0.05, 0.1) is 0 Å². The van der Waals surface area contributed by atoms with Gasteiger partial charge in [-0.3, -0.25) is 4.79 Å². The lowest BCUT2D eigenvalue weighted by molar-refractivity contribution is -0.117. The lowest BCUT2D eigenvalue weighted by Gasteiger charge is -2.23. The Hall–Kier alpha value is -2.63. The first kappa shape index (κ1) is 22.1. The minimum atomic E-state index is -0.370. The molecule has 1 amide bonds. The van der Waals surface area contributed by atoms with E-state index in [1.807, 2.05) is 43.3 Å². The fourth-order valence-electron chi connectivity index (χ4n) is 3.98. The summed E-state index contributed by atoms with van der Waals surface area (Å²) in [6, 6.07) is 11.1. The van der Waals surface area contributed by atoms with E-state index >= 15 is 0 Å². The number of hydrogen-bond donors (Lipinski definition) is 3. The fourth-order valence-corrected chi connectivity index (χ4v) is 3.98. The third-order valence-electron chi connectivity index (χ3n) is 5.51. The number of para-hydroxylation sites is 1. The van der Waals surface area contributed by atoms with Gasteiger partial charge in [-0.2, -0.15) is 4.98 Å². The average molecular weight is 410 g/mol. The van der Waals surface area contributed by atoms with Crippen LogP contribution in [0.15, 0.2) is 36.4 Å². The van der Waals surface area contributed by atoms with E-state index < -0.39 is 0 Å². The van der Waals surface area contributed by atoms with Gasteiger partial charge in [0.2, 0.25) is 11.9 Å². The van der Waals surface area contributed by atoms with Crippen LogP contribution >= 0.6 is 0 Å². The van der Waals surface area contributed by atoms with Gasteiger partial charge in [0.25, 0.3) is 0 Å². The number of benzene rings is 1. The standard InChI is InChI=1S/C24H35N5O/c1-17(2)14-21(23(30)27-20-12-8-5-9-13-20)28-22-15-18(3)26-24(29-22)25-16-19-10-6-4-7-11-19/h5,8-9,12-13,15,17,19,21H,4,6-7,10-11,14,16H2,1-3H3,(H,27,30)(H2,25,26,28,29)/t21-/m0/s1. The smallest absolute Gasteiger partial charge is 0.246 e. The van der Waals surface area contributed by atoms with Gasteiger partial charge in [-0.05, 0) is 50.2 Å². The lowest BCUT2D eigenvalue weighted by Crippen LogP contribution is -2.36. The van der Waals surface area contributed by atoms with E-state index in [1.54, 1.807) is 0 Å². The van der Waals surface area contributed by atoms with Crippen molar-refractivity contribution in [2.75, 3.05) is 22.5 Å². The Bertz CT molecular complexity index is 802. The second kappa shape index (κ2) is 11.0. The first-order valence-electron chi connectivity index (χ1n) is 11.2. The predicted octanol–water partition coefficient (Wildman–Crippen LogP) is 5.24. The first-order chi connectivity index (χ1) is 14.5. The maximum absolute atomic E-state index is 12.9. The Kier molecular flexibility index (Phi) is 8.05. The number of anilines is 3. The Labute approximate surface area is 180 Å². The summed E-state index contributed by atoms with van der Waals surface area (Å²) >= 11 is 0. The zero-order valence-corrected chi connectivity index (χ0v) is 18.4. The topological polar surface area (TPSA) is 78.9 Å². The van der Waals surface area contributed by atoms with E-state index in [0.717, 1.165) is 17.9 Å². The van der Waals surface area contributed by atoms with E-state index in [-0.39, 0.29) is 11.9 Å². The summed E-state index contributed by atoms with van der Waals surface area (Å²) in [4.78, 5) is 22.1. The molecule has 3 rings (SSSR count). The van der Waals surface area contributed by atoms with Crippen molar-refractivity contribution >= 4 is 23.4 Å². The van der Waals surface area contributed by atoms with Crippen LogP contribution in [0.5, 0.6) is 0 Å². The number of nitrogens with zero attached hydrogens (tertiary/aromatic N) is 2. The number of nitrogens with one attached hydrogen (secondary N) is 3. The molecular weight excluding hydrogens is 374 g/mol. The molecule has 1 fully saturated rings. The molecule has 1 aromatic carbocycles. The van der Waals surface area contributed by atoms with Crippen LogP contribution in [-0.4, -0.2) is 28.5 Å². The normalized spacial score (nSPS) is 15.6. The highest BCUT2D eigenvalue weighted by Crippen LogP contribution is 2.24. The maximum atomic E-state index is 12.9. The first-order valence-corrected chi connectivity index (χ1v) is 11.2. The van der Waals surface area contributed by atoms with Gasteiger partial charge in [-0.25, -0.2) is 4.98 Å². The Balaban J connectivity index is 1.66. The minimum Gasteiger partial charge on any atom is -0.358 e. The molecule has 30 heavy (non-hydrogen) atoms. The molecule has 1 atom stereocenters. The molecule has 0 bridgehead atoms. The minimum absolute atomic E-state index is 0.0529. The Morgan fingerprint density at radius 3 is 2.53 bits per heavy atom. The molecule has 3 N–H and O–H groups in total. The molecule has 0 unspecified atom stereocenters. The van der Waals surface area contributed by atoms with Crippen LogP contribution in [0.3, 0.4) is 0 Å². The van der Waals surface area contributed by atoms with Crippen molar-refractivity contribution in [1.82, 2.24) is 9.97 Å². The molecular formula is C24H35N5O. The molecule has 0 radical (unpaired) electrons. The number of amides is 1. The number of aryl methyl sites for hydroxylation is 1. The van der Waals surface area contributed by atoms with Crippen molar-refractivity contribution < 1.29 is 4.79 Å². The third kappa shape index (κ3) is 7.01. The summed E-state index contributed by atoms with van der Waals surface area (Å²) in [5, 5.41) is 9.77. The van der Waals surface area contributed by atoms with Gasteiger partial charge in [0.15, 0.2) is 0 Å². The van der Waals surface area contributed by atoms with E-state index in [0.29, 0.717) is 30.0 Å². The molecule has 162 valence electrons. The van der Waals surface area contributed by atoms with Gasteiger partial charge in [0.1, 0.15) is 11.9 Å². The van der Waals surface area contributed by atoms with Crippen molar-refractivity contribution in [1.29, 1.82) is 0 Å². The number of rotatable bonds is 9. The average Bonchev–Trinajstić information content (AvgIpc) is 2.72. The molecule has 2 aromatic rings. The summed E-state index contributed by atoms with van der Waals surface area (Å²) < 4.78 is 0. The highest BCUT2D eigenvalue weighted by Gasteiger charge is 2.21. The van der Waals surface area contributed by atoms with Crippen molar-refractivity contribution in [3.63, 3.8) is 0 Å². The van der Waals surface area contributed by atoms with Crippen LogP contribution in [0.2, 0.25) is 0 Å². The molecule has 1 saturated carbocycles. The van der Waals surface area contributed by atoms with E-state index in [1.165, 1.54) is 32.1 Å². The van der Waals surface area contributed by atoms with Crippen molar-refractivity contribution in [2.24, 2.45) is 11.8 Å². The summed E-state index contributed by atoms with van der Waals surface area (Å²) in [6.45, 7) is 7.10. The van der Waals surface area contributed by atoms with Gasteiger partial charge in [-0.1, -0.05) is 51.3 Å².